The minimum Gasteiger partial charge on any atom is -0.192 e. The molecular formula is C24H23N. The molecule has 25 heavy (non-hydrogen) atoms. The van der Waals surface area contributed by atoms with E-state index in [2.05, 4.69) is 50.1 Å². The molecule has 0 unspecified atom stereocenters. The van der Waals surface area contributed by atoms with Crippen LogP contribution < -0.4 is 0 Å². The van der Waals surface area contributed by atoms with Gasteiger partial charge in [0.15, 0.2) is 0 Å². The number of benzene rings is 1. The minimum absolute atomic E-state index is 0.669. The van der Waals surface area contributed by atoms with Gasteiger partial charge in [-0.2, -0.15) is 5.26 Å². The standard InChI is InChI=1S/C24H23N/c1-5-7-18(3)16-24(23-14-10-21(17-25)11-15-23)19(4)22-12-8-20(6-2)9-13-22/h6-8,10-12,14-16H,1-2,9,13H2,3-4H3/b18-16+,24-19-. The number of nitrogens with zero attached hydrogens (tertiary/aromatic N) is 1. The summed E-state index contributed by atoms with van der Waals surface area (Å²) in [5, 5.41) is 9.03. The van der Waals surface area contributed by atoms with Crippen molar-refractivity contribution in [2.75, 3.05) is 0 Å². The molecule has 0 aromatic heterocycles. The third kappa shape index (κ3) is 4.70. The molecule has 1 nitrogen and oxygen atoms in total. The minimum atomic E-state index is 0.669. The molecule has 0 atom stereocenters. The van der Waals surface area contributed by atoms with Crippen LogP contribution in [0.25, 0.3) is 5.57 Å². The highest BCUT2D eigenvalue weighted by atomic mass is 14.2. The number of hydrogen-bond donors (Lipinski definition) is 0. The molecule has 1 aliphatic rings. The van der Waals surface area contributed by atoms with E-state index < -0.39 is 0 Å². The van der Waals surface area contributed by atoms with Gasteiger partial charge in [-0.25, -0.2) is 0 Å². The summed E-state index contributed by atoms with van der Waals surface area (Å²) >= 11 is 0. The summed E-state index contributed by atoms with van der Waals surface area (Å²) in [6.07, 6.45) is 12.3. The summed E-state index contributed by atoms with van der Waals surface area (Å²) in [7, 11) is 0. The molecule has 1 heteroatoms. The second-order valence-corrected chi connectivity index (χ2v) is 6.10. The number of hydrogen-bond acceptors (Lipinski definition) is 1. The maximum Gasteiger partial charge on any atom is 0.0991 e. The van der Waals surface area contributed by atoms with Gasteiger partial charge in [0, 0.05) is 0 Å². The van der Waals surface area contributed by atoms with Crippen LogP contribution in [0.4, 0.5) is 0 Å². The monoisotopic (exact) mass is 325 g/mol. The molecule has 0 aliphatic heterocycles. The lowest BCUT2D eigenvalue weighted by molar-refractivity contribution is 0.936. The Morgan fingerprint density at radius 2 is 1.84 bits per heavy atom. The van der Waals surface area contributed by atoms with Gasteiger partial charge in [-0.1, -0.05) is 49.6 Å². The van der Waals surface area contributed by atoms with Crippen molar-refractivity contribution >= 4 is 5.57 Å². The Kier molecular flexibility index (Phi) is 6.35. The fourth-order valence-corrected chi connectivity index (χ4v) is 2.87. The number of allylic oxidation sites excluding steroid dienone is 10. The van der Waals surface area contributed by atoms with Gasteiger partial charge in [-0.05, 0) is 78.3 Å². The van der Waals surface area contributed by atoms with Gasteiger partial charge in [0.05, 0.1) is 11.6 Å². The van der Waals surface area contributed by atoms with Gasteiger partial charge >= 0.3 is 0 Å². The topological polar surface area (TPSA) is 23.8 Å². The second kappa shape index (κ2) is 8.69. The highest BCUT2D eigenvalue weighted by Crippen LogP contribution is 2.31. The van der Waals surface area contributed by atoms with Gasteiger partial charge in [0.2, 0.25) is 0 Å². The Labute approximate surface area is 151 Å². The van der Waals surface area contributed by atoms with E-state index in [0.717, 1.165) is 29.6 Å². The van der Waals surface area contributed by atoms with Crippen molar-refractivity contribution < 1.29 is 0 Å². The van der Waals surface area contributed by atoms with Crippen molar-refractivity contribution in [1.82, 2.24) is 0 Å². The van der Waals surface area contributed by atoms with Crippen molar-refractivity contribution in [3.05, 3.63) is 107 Å². The van der Waals surface area contributed by atoms with E-state index in [1.807, 2.05) is 43.3 Å². The molecule has 0 N–H and O–H groups in total. The van der Waals surface area contributed by atoms with Crippen LogP contribution >= 0.6 is 0 Å². The van der Waals surface area contributed by atoms with Crippen LogP contribution in [0.3, 0.4) is 0 Å². The molecule has 0 fully saturated rings. The summed E-state index contributed by atoms with van der Waals surface area (Å²) in [6.45, 7) is 11.7. The first kappa shape index (κ1) is 18.3. The highest BCUT2D eigenvalue weighted by molar-refractivity contribution is 5.80. The van der Waals surface area contributed by atoms with Crippen molar-refractivity contribution in [3.8, 4) is 6.07 Å². The van der Waals surface area contributed by atoms with Crippen molar-refractivity contribution in [1.29, 1.82) is 5.26 Å². The normalized spacial score (nSPS) is 15.2. The van der Waals surface area contributed by atoms with Crippen molar-refractivity contribution in [2.45, 2.75) is 26.7 Å². The van der Waals surface area contributed by atoms with Crippen LogP contribution in [0.5, 0.6) is 0 Å². The average Bonchev–Trinajstić information content (AvgIpc) is 2.66. The van der Waals surface area contributed by atoms with Crippen LogP contribution in [-0.4, -0.2) is 0 Å². The SMILES string of the molecule is C=C=C/C(C)=C/C(=C(\C)C1=CC=C(C=C)CC1)c1ccc(C#N)cc1. The summed E-state index contributed by atoms with van der Waals surface area (Å²) in [6, 6.07) is 9.91. The Hall–Kier alpha value is -3.07. The van der Waals surface area contributed by atoms with Crippen LogP contribution in [0.1, 0.15) is 37.8 Å². The summed E-state index contributed by atoms with van der Waals surface area (Å²) in [4.78, 5) is 0. The lowest BCUT2D eigenvalue weighted by Gasteiger charge is -2.17. The summed E-state index contributed by atoms with van der Waals surface area (Å²) < 4.78 is 0. The number of rotatable bonds is 5. The smallest absolute Gasteiger partial charge is 0.0991 e. The average molecular weight is 325 g/mol. The van der Waals surface area contributed by atoms with E-state index in [1.165, 1.54) is 16.7 Å². The fourth-order valence-electron chi connectivity index (χ4n) is 2.87. The largest absolute Gasteiger partial charge is 0.192 e. The molecule has 124 valence electrons. The lowest BCUT2D eigenvalue weighted by atomic mass is 9.88. The molecule has 1 aliphatic carbocycles. The van der Waals surface area contributed by atoms with E-state index in [4.69, 9.17) is 5.26 Å². The molecule has 0 saturated carbocycles. The summed E-state index contributed by atoms with van der Waals surface area (Å²) in [5.41, 5.74) is 10.7. The van der Waals surface area contributed by atoms with Crippen LogP contribution in [0.15, 0.2) is 95.8 Å². The van der Waals surface area contributed by atoms with Gasteiger partial charge in [-0.15, -0.1) is 5.73 Å². The molecule has 0 saturated heterocycles. The van der Waals surface area contributed by atoms with Gasteiger partial charge in [0.25, 0.3) is 0 Å². The molecule has 0 spiro atoms. The molecule has 0 amide bonds. The predicted octanol–water partition coefficient (Wildman–Crippen LogP) is 6.45. The number of nitriles is 1. The Morgan fingerprint density at radius 1 is 1.12 bits per heavy atom. The predicted molar refractivity (Wildman–Crippen MR) is 107 cm³/mol. The quantitative estimate of drug-likeness (QED) is 0.450. The van der Waals surface area contributed by atoms with E-state index in [-0.39, 0.29) is 0 Å². The molecule has 2 rings (SSSR count). The zero-order chi connectivity index (χ0) is 18.2. The first-order valence-electron chi connectivity index (χ1n) is 8.37. The Balaban J connectivity index is 2.57. The van der Waals surface area contributed by atoms with Crippen molar-refractivity contribution in [2.24, 2.45) is 0 Å². The lowest BCUT2D eigenvalue weighted by Crippen LogP contribution is -1.97. The van der Waals surface area contributed by atoms with Crippen molar-refractivity contribution in [3.63, 3.8) is 0 Å². The fraction of sp³-hybridized carbons (Fsp3) is 0.167. The van der Waals surface area contributed by atoms with E-state index in [1.54, 1.807) is 0 Å². The Bertz CT molecular complexity index is 871. The van der Waals surface area contributed by atoms with Gasteiger partial charge in [0.1, 0.15) is 0 Å². The molecule has 0 radical (unpaired) electrons. The molecule has 0 bridgehead atoms. The van der Waals surface area contributed by atoms with E-state index >= 15 is 0 Å². The molecule has 0 heterocycles. The highest BCUT2D eigenvalue weighted by Gasteiger charge is 2.11. The Morgan fingerprint density at radius 3 is 2.36 bits per heavy atom. The molecule has 1 aromatic rings. The molecule has 1 aromatic carbocycles. The van der Waals surface area contributed by atoms with Crippen LogP contribution in [-0.2, 0) is 0 Å². The maximum absolute atomic E-state index is 9.03. The first-order valence-corrected chi connectivity index (χ1v) is 8.37. The van der Waals surface area contributed by atoms with Gasteiger partial charge in [-0.3, -0.25) is 0 Å². The third-order valence-corrected chi connectivity index (χ3v) is 4.36. The third-order valence-electron chi connectivity index (χ3n) is 4.36. The van der Waals surface area contributed by atoms with E-state index in [9.17, 15) is 0 Å². The van der Waals surface area contributed by atoms with Crippen LogP contribution in [0.2, 0.25) is 0 Å². The van der Waals surface area contributed by atoms with E-state index in [0.29, 0.717) is 5.56 Å². The summed E-state index contributed by atoms with van der Waals surface area (Å²) in [5.74, 6) is 0. The second-order valence-electron chi connectivity index (χ2n) is 6.10. The van der Waals surface area contributed by atoms with Crippen LogP contribution in [0, 0.1) is 11.3 Å². The maximum atomic E-state index is 9.03. The zero-order valence-electron chi connectivity index (χ0n) is 15.0. The first-order chi connectivity index (χ1) is 12.1. The zero-order valence-corrected chi connectivity index (χ0v) is 15.0. The molecular weight excluding hydrogens is 302 g/mol. The van der Waals surface area contributed by atoms with Gasteiger partial charge < -0.3 is 0 Å².